The number of anilines is 1. The second kappa shape index (κ2) is 7.46. The van der Waals surface area contributed by atoms with Crippen molar-refractivity contribution < 1.29 is 9.18 Å². The first-order valence-corrected chi connectivity index (χ1v) is 9.20. The summed E-state index contributed by atoms with van der Waals surface area (Å²) in [4.78, 5) is 11.4. The van der Waals surface area contributed by atoms with Crippen molar-refractivity contribution in [1.29, 1.82) is 0 Å². The van der Waals surface area contributed by atoms with Gasteiger partial charge in [-0.25, -0.2) is 4.39 Å². The SMILES string of the molecule is CP=C1c2ccc(Cl)c(F)c2NC(CC(N)=O)C1CC=C(C)C. The van der Waals surface area contributed by atoms with E-state index in [9.17, 15) is 9.18 Å². The quantitative estimate of drug-likeness (QED) is 0.628. The minimum absolute atomic E-state index is 0.0731. The predicted octanol–water partition coefficient (Wildman–Crippen LogP) is 4.22. The third-order valence-corrected chi connectivity index (χ3v) is 5.33. The first kappa shape index (κ1) is 18.0. The van der Waals surface area contributed by atoms with Crippen molar-refractivity contribution in [2.75, 3.05) is 12.0 Å². The zero-order chi connectivity index (χ0) is 17.1. The normalized spacial score (nSPS) is 21.5. The van der Waals surface area contributed by atoms with Gasteiger partial charge in [0.25, 0.3) is 0 Å². The fourth-order valence-corrected chi connectivity index (χ4v) is 4.12. The van der Waals surface area contributed by atoms with Gasteiger partial charge in [-0.2, -0.15) is 0 Å². The Bertz CT molecular complexity index is 683. The molecule has 0 saturated carbocycles. The molecule has 0 radical (unpaired) electrons. The first-order valence-electron chi connectivity index (χ1n) is 7.48. The van der Waals surface area contributed by atoms with Gasteiger partial charge in [-0.3, -0.25) is 4.79 Å². The number of fused-ring (bicyclic) bond motifs is 1. The number of carbonyl (C=O) groups excluding carboxylic acids is 1. The average molecular weight is 355 g/mol. The van der Waals surface area contributed by atoms with Gasteiger partial charge in [-0.05, 0) is 38.3 Å². The highest BCUT2D eigenvalue weighted by Crippen LogP contribution is 2.38. The van der Waals surface area contributed by atoms with E-state index in [1.165, 1.54) is 5.57 Å². The number of nitrogens with two attached hydrogens (primary N) is 1. The summed E-state index contributed by atoms with van der Waals surface area (Å²) in [6.07, 6.45) is 3.08. The lowest BCUT2D eigenvalue weighted by molar-refractivity contribution is -0.118. The van der Waals surface area contributed by atoms with Crippen LogP contribution in [0.4, 0.5) is 10.1 Å². The summed E-state index contributed by atoms with van der Waals surface area (Å²) in [5, 5.41) is 4.34. The van der Waals surface area contributed by atoms with Gasteiger partial charge in [-0.1, -0.05) is 29.3 Å². The third kappa shape index (κ3) is 3.94. The molecule has 2 atom stereocenters. The van der Waals surface area contributed by atoms with E-state index in [0.717, 1.165) is 25.5 Å². The van der Waals surface area contributed by atoms with Crippen LogP contribution < -0.4 is 11.1 Å². The Kier molecular flexibility index (Phi) is 5.83. The Morgan fingerprint density at radius 3 is 2.74 bits per heavy atom. The molecule has 0 spiro atoms. The highest BCUT2D eigenvalue weighted by Gasteiger charge is 2.34. The molecular formula is C17H21ClFN2OP. The maximum Gasteiger partial charge on any atom is 0.219 e. The summed E-state index contributed by atoms with van der Waals surface area (Å²) in [6, 6.07) is 3.19. The van der Waals surface area contributed by atoms with Crippen LogP contribution in [-0.2, 0) is 4.79 Å². The van der Waals surface area contributed by atoms with Gasteiger partial charge >= 0.3 is 0 Å². The standard InChI is InChI=1S/C17H21ClFN2OP/c1-9(2)4-5-10-13(8-14(20)22)21-16-11(17(10)23-3)6-7-12(18)15(16)19/h4,6-7,10,13,21H,5,8H2,1-3H3,(H2,20,22). The molecule has 1 aromatic carbocycles. The first-order chi connectivity index (χ1) is 10.8. The zero-order valence-corrected chi connectivity index (χ0v) is 15.1. The summed E-state index contributed by atoms with van der Waals surface area (Å²) < 4.78 is 14.4. The second-order valence-corrected chi connectivity index (χ2v) is 7.27. The molecular weight excluding hydrogens is 334 g/mol. The topological polar surface area (TPSA) is 55.1 Å². The van der Waals surface area contributed by atoms with E-state index >= 15 is 0 Å². The Hall–Kier alpha value is -1.38. The van der Waals surface area contributed by atoms with E-state index in [2.05, 4.69) is 11.4 Å². The van der Waals surface area contributed by atoms with E-state index in [1.54, 1.807) is 6.07 Å². The van der Waals surface area contributed by atoms with Crippen molar-refractivity contribution in [3.63, 3.8) is 0 Å². The number of halogens is 2. The minimum Gasteiger partial charge on any atom is -0.378 e. The van der Waals surface area contributed by atoms with Crippen molar-refractivity contribution in [2.45, 2.75) is 32.7 Å². The molecule has 1 aliphatic heterocycles. The molecule has 3 N–H and O–H groups in total. The van der Waals surface area contributed by atoms with Gasteiger partial charge in [0, 0.05) is 23.9 Å². The van der Waals surface area contributed by atoms with Gasteiger partial charge < -0.3 is 11.1 Å². The number of rotatable bonds is 4. The van der Waals surface area contributed by atoms with Gasteiger partial charge in [0.05, 0.1) is 10.7 Å². The zero-order valence-electron chi connectivity index (χ0n) is 13.5. The van der Waals surface area contributed by atoms with Gasteiger partial charge in [0.1, 0.15) is 0 Å². The molecule has 1 heterocycles. The number of allylic oxidation sites excluding steroid dienone is 2. The molecule has 0 saturated heterocycles. The fraction of sp³-hybridized carbons (Fsp3) is 0.412. The van der Waals surface area contributed by atoms with Crippen LogP contribution in [0.1, 0.15) is 32.3 Å². The Balaban J connectivity index is 2.52. The monoisotopic (exact) mass is 354 g/mol. The van der Waals surface area contributed by atoms with Crippen molar-refractivity contribution in [3.8, 4) is 0 Å². The lowest BCUT2D eigenvalue weighted by Crippen LogP contribution is -2.42. The highest BCUT2D eigenvalue weighted by molar-refractivity contribution is 7.40. The number of hydrogen-bond donors (Lipinski definition) is 2. The van der Waals surface area contributed by atoms with Crippen LogP contribution in [0.15, 0.2) is 23.8 Å². The molecule has 1 amide bonds. The molecule has 0 bridgehead atoms. The Morgan fingerprint density at radius 2 is 2.17 bits per heavy atom. The summed E-state index contributed by atoms with van der Waals surface area (Å²) in [5.41, 5.74) is 7.82. The highest BCUT2D eigenvalue weighted by atomic mass is 35.5. The van der Waals surface area contributed by atoms with Crippen LogP contribution in [0.3, 0.4) is 0 Å². The van der Waals surface area contributed by atoms with Crippen LogP contribution in [-0.4, -0.2) is 23.9 Å². The Labute approximate surface area is 142 Å². The average Bonchev–Trinajstić information content (AvgIpc) is 2.48. The molecule has 2 unspecified atom stereocenters. The fourth-order valence-electron chi connectivity index (χ4n) is 2.92. The van der Waals surface area contributed by atoms with Crippen LogP contribution in [0.2, 0.25) is 5.02 Å². The number of carbonyl (C=O) groups is 1. The minimum atomic E-state index is -0.472. The molecule has 0 fully saturated rings. The van der Waals surface area contributed by atoms with E-state index < -0.39 is 11.7 Å². The number of amides is 1. The molecule has 2 rings (SSSR count). The molecule has 3 nitrogen and oxygen atoms in total. The lowest BCUT2D eigenvalue weighted by Gasteiger charge is -2.36. The van der Waals surface area contributed by atoms with E-state index in [-0.39, 0.29) is 23.4 Å². The second-order valence-electron chi connectivity index (χ2n) is 5.94. The van der Waals surface area contributed by atoms with Crippen molar-refractivity contribution in [1.82, 2.24) is 0 Å². The number of benzene rings is 1. The van der Waals surface area contributed by atoms with Crippen LogP contribution in [0.25, 0.3) is 0 Å². The number of primary amides is 1. The van der Waals surface area contributed by atoms with Crippen LogP contribution in [0, 0.1) is 11.7 Å². The Morgan fingerprint density at radius 1 is 1.48 bits per heavy atom. The van der Waals surface area contributed by atoms with Crippen LogP contribution >= 0.6 is 19.8 Å². The maximum absolute atomic E-state index is 14.4. The molecule has 6 heteroatoms. The van der Waals surface area contributed by atoms with E-state index in [4.69, 9.17) is 17.3 Å². The molecule has 1 aromatic rings. The van der Waals surface area contributed by atoms with Gasteiger partial charge in [0.2, 0.25) is 5.91 Å². The molecule has 124 valence electrons. The van der Waals surface area contributed by atoms with Crippen LogP contribution in [0.5, 0.6) is 0 Å². The van der Waals surface area contributed by atoms with Crippen molar-refractivity contribution in [3.05, 3.63) is 40.2 Å². The van der Waals surface area contributed by atoms with Gasteiger partial charge in [0.15, 0.2) is 5.82 Å². The van der Waals surface area contributed by atoms with Crippen molar-refractivity contribution >= 4 is 36.7 Å². The summed E-state index contributed by atoms with van der Waals surface area (Å²) >= 11 is 5.90. The molecule has 23 heavy (non-hydrogen) atoms. The third-order valence-electron chi connectivity index (χ3n) is 3.98. The molecule has 0 aromatic heterocycles. The molecule has 1 aliphatic rings. The summed E-state index contributed by atoms with van der Waals surface area (Å²) in [5.74, 6) is -0.778. The molecule has 0 aliphatic carbocycles. The van der Waals surface area contributed by atoms with Crippen molar-refractivity contribution in [2.24, 2.45) is 11.7 Å². The summed E-state index contributed by atoms with van der Waals surface area (Å²) in [7, 11) is 1.05. The maximum atomic E-state index is 14.4. The smallest absolute Gasteiger partial charge is 0.219 e. The van der Waals surface area contributed by atoms with E-state index in [0.29, 0.717) is 5.69 Å². The van der Waals surface area contributed by atoms with Gasteiger partial charge in [-0.15, -0.1) is 8.20 Å². The number of nitrogens with one attached hydrogen (secondary N) is 1. The number of hydrogen-bond acceptors (Lipinski definition) is 2. The predicted molar refractivity (Wildman–Crippen MR) is 97.1 cm³/mol. The largest absolute Gasteiger partial charge is 0.378 e. The summed E-state index contributed by atoms with van der Waals surface area (Å²) in [6.45, 7) is 6.10. The van der Waals surface area contributed by atoms with E-state index in [1.807, 2.05) is 26.6 Å². The lowest BCUT2D eigenvalue weighted by atomic mass is 9.82.